The van der Waals surface area contributed by atoms with Crippen molar-refractivity contribution in [1.82, 2.24) is 4.68 Å². The van der Waals surface area contributed by atoms with E-state index in [0.717, 1.165) is 0 Å². The number of hydrogen-bond acceptors (Lipinski definition) is 3. The summed E-state index contributed by atoms with van der Waals surface area (Å²) >= 11 is 0. The maximum Gasteiger partial charge on any atom is 0.320 e. The highest BCUT2D eigenvalue weighted by molar-refractivity contribution is 7.92. The molecule has 2 N–H and O–H groups in total. The molecule has 1 aromatic rings. The van der Waals surface area contributed by atoms with E-state index in [2.05, 4.69) is 4.83 Å². The van der Waals surface area contributed by atoms with E-state index in [-0.39, 0.29) is 0 Å². The van der Waals surface area contributed by atoms with E-state index in [0.29, 0.717) is 11.4 Å². The minimum Gasteiger partial charge on any atom is -0.480 e. The van der Waals surface area contributed by atoms with Crippen LogP contribution in [0.25, 0.3) is 0 Å². The lowest BCUT2D eigenvalue weighted by molar-refractivity contribution is -0.134. The molecular weight excluding hydrogens is 220 g/mol. The molecule has 0 spiro atoms. The molecule has 0 saturated carbocycles. The highest BCUT2D eigenvalue weighted by Crippen LogP contribution is 2.05. The molecule has 0 aliphatic rings. The van der Waals surface area contributed by atoms with Crippen LogP contribution in [0.4, 0.5) is 0 Å². The monoisotopic (exact) mass is 232 g/mol. The number of carboxylic acid groups (broad SMARTS) is 1. The van der Waals surface area contributed by atoms with Crippen LogP contribution >= 0.6 is 0 Å². The van der Waals surface area contributed by atoms with E-state index < -0.39 is 21.7 Å². The van der Waals surface area contributed by atoms with Crippen LogP contribution in [0, 0.1) is 13.8 Å². The standard InChI is InChI=1S/C8H12N2O4S/c1-6-3-4-7(2)10(6)9-15(13,14)5-8(11)12/h3-4,9H,5H2,1-2H3,(H,11,12). The first-order valence-corrected chi connectivity index (χ1v) is 5.84. The number of aromatic nitrogens is 1. The number of hydrogen-bond donors (Lipinski definition) is 2. The molecule has 15 heavy (non-hydrogen) atoms. The van der Waals surface area contributed by atoms with Crippen LogP contribution < -0.4 is 4.83 Å². The van der Waals surface area contributed by atoms with Gasteiger partial charge in [-0.05, 0) is 26.0 Å². The van der Waals surface area contributed by atoms with E-state index in [4.69, 9.17) is 5.11 Å². The summed E-state index contributed by atoms with van der Waals surface area (Å²) < 4.78 is 23.9. The Morgan fingerprint density at radius 2 is 1.87 bits per heavy atom. The summed E-state index contributed by atoms with van der Waals surface area (Å²) in [5.74, 6) is -2.32. The first-order chi connectivity index (χ1) is 6.82. The predicted octanol–water partition coefficient (Wildman–Crippen LogP) is 0.0628. The Hall–Kier alpha value is -1.50. The van der Waals surface area contributed by atoms with Gasteiger partial charge in [0.25, 0.3) is 10.0 Å². The molecule has 0 atom stereocenters. The molecule has 1 aromatic heterocycles. The Bertz CT molecular complexity index is 455. The van der Waals surface area contributed by atoms with Crippen molar-refractivity contribution < 1.29 is 18.3 Å². The number of rotatable bonds is 4. The van der Waals surface area contributed by atoms with E-state index >= 15 is 0 Å². The fourth-order valence-corrected chi connectivity index (χ4v) is 2.10. The zero-order chi connectivity index (χ0) is 11.6. The van der Waals surface area contributed by atoms with Gasteiger partial charge < -0.3 is 5.11 Å². The summed E-state index contributed by atoms with van der Waals surface area (Å²) in [4.78, 5) is 12.5. The Labute approximate surface area is 87.5 Å². The number of nitrogens with one attached hydrogen (secondary N) is 1. The first kappa shape index (κ1) is 11.6. The lowest BCUT2D eigenvalue weighted by Gasteiger charge is -2.11. The van der Waals surface area contributed by atoms with Gasteiger partial charge in [0.2, 0.25) is 0 Å². The van der Waals surface area contributed by atoms with Gasteiger partial charge in [0.15, 0.2) is 5.75 Å². The van der Waals surface area contributed by atoms with Crippen molar-refractivity contribution in [3.8, 4) is 0 Å². The van der Waals surface area contributed by atoms with Gasteiger partial charge >= 0.3 is 5.97 Å². The Morgan fingerprint density at radius 3 is 2.27 bits per heavy atom. The quantitative estimate of drug-likeness (QED) is 0.768. The third kappa shape index (κ3) is 2.98. The highest BCUT2D eigenvalue weighted by Gasteiger charge is 2.16. The summed E-state index contributed by atoms with van der Waals surface area (Å²) in [6.45, 7) is 3.44. The SMILES string of the molecule is Cc1ccc(C)n1NS(=O)(=O)CC(=O)O. The molecule has 84 valence electrons. The number of nitrogens with zero attached hydrogens (tertiary/aromatic N) is 1. The van der Waals surface area contributed by atoms with Crippen LogP contribution in [0.2, 0.25) is 0 Å². The molecule has 0 aromatic carbocycles. The second kappa shape index (κ2) is 3.93. The average molecular weight is 232 g/mol. The molecule has 0 unspecified atom stereocenters. The van der Waals surface area contributed by atoms with Crippen molar-refractivity contribution in [1.29, 1.82) is 0 Å². The fourth-order valence-electron chi connectivity index (χ4n) is 1.15. The van der Waals surface area contributed by atoms with Crippen molar-refractivity contribution in [3.05, 3.63) is 23.5 Å². The third-order valence-corrected chi connectivity index (χ3v) is 2.90. The molecule has 0 fully saturated rings. The normalized spacial score (nSPS) is 11.3. The Kier molecular flexibility index (Phi) is 3.04. The van der Waals surface area contributed by atoms with E-state index in [1.807, 2.05) is 0 Å². The van der Waals surface area contributed by atoms with Gasteiger partial charge in [0, 0.05) is 11.4 Å². The van der Waals surface area contributed by atoms with Crippen LogP contribution in [0.15, 0.2) is 12.1 Å². The fraction of sp³-hybridized carbons (Fsp3) is 0.375. The molecule has 0 amide bonds. The second-order valence-electron chi connectivity index (χ2n) is 3.20. The summed E-state index contributed by atoms with van der Waals surface area (Å²) in [6.07, 6.45) is 0. The number of aliphatic carboxylic acids is 1. The maximum absolute atomic E-state index is 11.3. The molecule has 7 heteroatoms. The topological polar surface area (TPSA) is 88.4 Å². The molecule has 0 aliphatic carbocycles. The zero-order valence-corrected chi connectivity index (χ0v) is 9.21. The minimum atomic E-state index is -3.84. The lowest BCUT2D eigenvalue weighted by Crippen LogP contribution is -2.30. The van der Waals surface area contributed by atoms with Gasteiger partial charge in [-0.2, -0.15) is 0 Å². The summed E-state index contributed by atoms with van der Waals surface area (Å²) in [7, 11) is -3.84. The highest BCUT2D eigenvalue weighted by atomic mass is 32.2. The van der Waals surface area contributed by atoms with Crippen LogP contribution in [0.1, 0.15) is 11.4 Å². The molecule has 0 saturated heterocycles. The molecule has 6 nitrogen and oxygen atoms in total. The lowest BCUT2D eigenvalue weighted by atomic mass is 10.5. The van der Waals surface area contributed by atoms with Crippen LogP contribution in [-0.2, 0) is 14.8 Å². The number of carbonyl (C=O) groups is 1. The number of carboxylic acids is 1. The molecule has 0 bridgehead atoms. The van der Waals surface area contributed by atoms with Crippen LogP contribution in [-0.4, -0.2) is 29.9 Å². The van der Waals surface area contributed by atoms with E-state index in [9.17, 15) is 13.2 Å². The average Bonchev–Trinajstić information content (AvgIpc) is 2.33. The van der Waals surface area contributed by atoms with E-state index in [1.165, 1.54) is 4.68 Å². The second-order valence-corrected chi connectivity index (χ2v) is 4.90. The largest absolute Gasteiger partial charge is 0.480 e. The van der Waals surface area contributed by atoms with Crippen molar-refractivity contribution >= 4 is 16.0 Å². The molecule has 1 rings (SSSR count). The first-order valence-electron chi connectivity index (χ1n) is 4.19. The Morgan fingerprint density at radius 1 is 1.40 bits per heavy atom. The van der Waals surface area contributed by atoms with Gasteiger partial charge in [-0.25, -0.2) is 13.2 Å². The van der Waals surface area contributed by atoms with Crippen molar-refractivity contribution in [3.63, 3.8) is 0 Å². The molecule has 0 aliphatic heterocycles. The van der Waals surface area contributed by atoms with Gasteiger partial charge in [-0.15, -0.1) is 0 Å². The van der Waals surface area contributed by atoms with Crippen LogP contribution in [0.3, 0.4) is 0 Å². The summed E-state index contributed by atoms with van der Waals surface area (Å²) in [5.41, 5.74) is 1.39. The maximum atomic E-state index is 11.3. The Balaban J connectivity index is 2.91. The van der Waals surface area contributed by atoms with Crippen molar-refractivity contribution in [2.75, 3.05) is 10.6 Å². The summed E-state index contributed by atoms with van der Waals surface area (Å²) in [6, 6.07) is 3.47. The summed E-state index contributed by atoms with van der Waals surface area (Å²) in [5, 5.41) is 8.39. The minimum absolute atomic E-state index is 0.696. The number of aryl methyl sites for hydroxylation is 2. The molecule has 1 heterocycles. The zero-order valence-electron chi connectivity index (χ0n) is 8.39. The van der Waals surface area contributed by atoms with E-state index in [1.54, 1.807) is 26.0 Å². The number of sulfonamides is 1. The molecule has 0 radical (unpaired) electrons. The van der Waals surface area contributed by atoms with Gasteiger partial charge in [-0.1, -0.05) is 0 Å². The smallest absolute Gasteiger partial charge is 0.320 e. The predicted molar refractivity (Wildman–Crippen MR) is 54.7 cm³/mol. The van der Waals surface area contributed by atoms with Gasteiger partial charge in [0.1, 0.15) is 0 Å². The van der Waals surface area contributed by atoms with Gasteiger partial charge in [-0.3, -0.25) is 9.47 Å². The van der Waals surface area contributed by atoms with Crippen LogP contribution in [0.5, 0.6) is 0 Å². The third-order valence-electron chi connectivity index (χ3n) is 1.82. The van der Waals surface area contributed by atoms with Crippen molar-refractivity contribution in [2.24, 2.45) is 0 Å². The van der Waals surface area contributed by atoms with Gasteiger partial charge in [0.05, 0.1) is 0 Å². The van der Waals surface area contributed by atoms with Crippen molar-refractivity contribution in [2.45, 2.75) is 13.8 Å². The molecular formula is C8H12N2O4S.